The van der Waals surface area contributed by atoms with Crippen molar-refractivity contribution in [1.82, 2.24) is 19.6 Å². The largest absolute Gasteiger partial charge is 0.476 e. The number of aromatic carboxylic acids is 1. The molecule has 2 aliphatic rings. The summed E-state index contributed by atoms with van der Waals surface area (Å²) in [5.74, 6) is -1.98. The van der Waals surface area contributed by atoms with Gasteiger partial charge in [0.2, 0.25) is 22.2 Å². The summed E-state index contributed by atoms with van der Waals surface area (Å²) in [4.78, 5) is 48.9. The van der Waals surface area contributed by atoms with Crippen molar-refractivity contribution in [1.29, 1.82) is 0 Å². The lowest BCUT2D eigenvalue weighted by molar-refractivity contribution is 0.0504. The van der Waals surface area contributed by atoms with Crippen LogP contribution in [0.15, 0.2) is 70.5 Å². The molecule has 0 bridgehead atoms. The molecule has 252 valence electrons. The van der Waals surface area contributed by atoms with Crippen LogP contribution in [0.5, 0.6) is 0 Å². The van der Waals surface area contributed by atoms with Crippen molar-refractivity contribution < 1.29 is 28.9 Å². The number of hydrogen-bond donors (Lipinski definition) is 1. The van der Waals surface area contributed by atoms with Crippen molar-refractivity contribution in [2.75, 3.05) is 33.0 Å². The second-order valence-corrected chi connectivity index (χ2v) is 11.8. The summed E-state index contributed by atoms with van der Waals surface area (Å²) >= 11 is 0. The van der Waals surface area contributed by atoms with Crippen LogP contribution in [-0.2, 0) is 14.2 Å². The Morgan fingerprint density at radius 1 is 0.729 bits per heavy atom. The first-order chi connectivity index (χ1) is 23.2. The molecule has 0 atom stereocenters. The first-order valence-corrected chi connectivity index (χ1v) is 16.1. The zero-order valence-electron chi connectivity index (χ0n) is 27.4. The Labute approximate surface area is 277 Å². The molecule has 0 unspecified atom stereocenters. The number of carboxylic acids is 1. The highest BCUT2D eigenvalue weighted by molar-refractivity contribution is 5.88. The van der Waals surface area contributed by atoms with Crippen LogP contribution in [0.3, 0.4) is 0 Å². The summed E-state index contributed by atoms with van der Waals surface area (Å²) in [5.41, 5.74) is 2.93. The molecule has 0 saturated carbocycles. The molecule has 2 fully saturated rings. The van der Waals surface area contributed by atoms with Crippen molar-refractivity contribution in [2.24, 2.45) is 0 Å². The SMILES string of the molecule is CCOC(=O)c1nn(C2CCOCC2)cc(-c2ccc(C)cc2)c1=O.Cc1ccc(-c2cn(C3CCOCC3)nc(C(=O)O)c2=O)cc1. The van der Waals surface area contributed by atoms with Crippen LogP contribution >= 0.6 is 0 Å². The molecule has 12 heteroatoms. The smallest absolute Gasteiger partial charge is 0.362 e. The monoisotopic (exact) mass is 656 g/mol. The van der Waals surface area contributed by atoms with Crippen molar-refractivity contribution in [2.45, 2.75) is 58.5 Å². The Morgan fingerprint density at radius 2 is 1.12 bits per heavy atom. The van der Waals surface area contributed by atoms with Gasteiger partial charge in [-0.1, -0.05) is 59.7 Å². The average Bonchev–Trinajstić information content (AvgIpc) is 3.10. The molecule has 2 aromatic heterocycles. The molecule has 1 N–H and O–H groups in total. The minimum atomic E-state index is -1.30. The lowest BCUT2D eigenvalue weighted by Gasteiger charge is -2.24. The molecule has 2 aromatic carbocycles. The average molecular weight is 657 g/mol. The second-order valence-electron chi connectivity index (χ2n) is 11.8. The number of rotatable bonds is 7. The van der Waals surface area contributed by atoms with E-state index in [1.165, 1.54) is 0 Å². The van der Waals surface area contributed by atoms with E-state index < -0.39 is 28.5 Å². The standard InChI is InChI=1S/C19H22N2O4.C17H18N2O4/c1-3-25-19(23)17-18(22)16(14-6-4-13(2)5-7-14)12-21(20-17)15-8-10-24-11-9-15;1-11-2-4-12(5-3-11)14-10-19(13-6-8-23-9-7-13)18-15(16(14)20)17(21)22/h4-7,12,15H,3,8-11H2,1-2H3;2-5,10,13H,6-9H2,1H3,(H,21,22). The third kappa shape index (κ3) is 8.12. The summed E-state index contributed by atoms with van der Waals surface area (Å²) in [6, 6.07) is 15.3. The molecular formula is C36H40N4O8. The third-order valence-electron chi connectivity index (χ3n) is 8.40. The predicted molar refractivity (Wildman–Crippen MR) is 178 cm³/mol. The van der Waals surface area contributed by atoms with Gasteiger partial charge in [-0.05, 0) is 57.6 Å². The van der Waals surface area contributed by atoms with E-state index >= 15 is 0 Å². The van der Waals surface area contributed by atoms with Gasteiger partial charge in [0.1, 0.15) is 0 Å². The van der Waals surface area contributed by atoms with Crippen LogP contribution in [0.2, 0.25) is 0 Å². The quantitative estimate of drug-likeness (QED) is 0.269. The van der Waals surface area contributed by atoms with Crippen molar-refractivity contribution in [3.05, 3.63) is 104 Å². The molecule has 6 rings (SSSR count). The lowest BCUT2D eigenvalue weighted by Crippen LogP contribution is -2.29. The van der Waals surface area contributed by atoms with Crippen molar-refractivity contribution in [3.63, 3.8) is 0 Å². The fourth-order valence-electron chi connectivity index (χ4n) is 5.64. The normalized spacial score (nSPS) is 15.3. The number of aromatic nitrogens is 4. The molecule has 0 aliphatic carbocycles. The number of ether oxygens (including phenoxy) is 3. The van der Waals surface area contributed by atoms with Crippen LogP contribution in [0, 0.1) is 13.8 Å². The number of carboxylic acid groups (broad SMARTS) is 1. The van der Waals surface area contributed by atoms with Gasteiger partial charge in [-0.25, -0.2) is 9.59 Å². The highest BCUT2D eigenvalue weighted by Crippen LogP contribution is 2.24. The van der Waals surface area contributed by atoms with Crippen LogP contribution in [0.25, 0.3) is 22.3 Å². The van der Waals surface area contributed by atoms with Crippen molar-refractivity contribution >= 4 is 11.9 Å². The highest BCUT2D eigenvalue weighted by Gasteiger charge is 2.24. The van der Waals surface area contributed by atoms with Gasteiger partial charge < -0.3 is 19.3 Å². The van der Waals surface area contributed by atoms with E-state index in [9.17, 15) is 24.3 Å². The number of carbonyl (C=O) groups excluding carboxylic acids is 1. The third-order valence-corrected chi connectivity index (χ3v) is 8.40. The predicted octanol–water partition coefficient (Wildman–Crippen LogP) is 5.02. The van der Waals surface area contributed by atoms with Gasteiger partial charge >= 0.3 is 11.9 Å². The maximum Gasteiger partial charge on any atom is 0.362 e. The fraction of sp³-hybridized carbons (Fsp3) is 0.389. The first-order valence-electron chi connectivity index (χ1n) is 16.1. The zero-order chi connectivity index (χ0) is 34.2. The van der Waals surface area contributed by atoms with Gasteiger partial charge in [0.05, 0.1) is 18.7 Å². The lowest BCUT2D eigenvalue weighted by atomic mass is 10.0. The van der Waals surface area contributed by atoms with Gasteiger partial charge in [0.25, 0.3) is 0 Å². The summed E-state index contributed by atoms with van der Waals surface area (Å²) in [6.45, 7) is 8.37. The summed E-state index contributed by atoms with van der Waals surface area (Å²) < 4.78 is 19.1. The Kier molecular flexibility index (Phi) is 11.3. The zero-order valence-corrected chi connectivity index (χ0v) is 27.4. The molecular weight excluding hydrogens is 616 g/mol. The molecule has 0 spiro atoms. The van der Waals surface area contributed by atoms with Gasteiger partial charge in [-0.2, -0.15) is 10.2 Å². The van der Waals surface area contributed by atoms with Crippen LogP contribution in [-0.4, -0.2) is 69.6 Å². The molecule has 2 saturated heterocycles. The molecule has 4 heterocycles. The maximum absolute atomic E-state index is 12.8. The van der Waals surface area contributed by atoms with E-state index in [4.69, 9.17) is 14.2 Å². The summed E-state index contributed by atoms with van der Waals surface area (Å²) in [7, 11) is 0. The number of esters is 1. The van der Waals surface area contributed by atoms with Crippen molar-refractivity contribution in [3.8, 4) is 22.3 Å². The van der Waals surface area contributed by atoms with Gasteiger partial charge in [0.15, 0.2) is 0 Å². The second kappa shape index (κ2) is 15.8. The highest BCUT2D eigenvalue weighted by atomic mass is 16.5. The van der Waals surface area contributed by atoms with Crippen LogP contribution in [0.1, 0.15) is 76.8 Å². The first kappa shape index (κ1) is 34.4. The molecule has 0 amide bonds. The number of hydrogen-bond acceptors (Lipinski definition) is 9. The Morgan fingerprint density at radius 3 is 1.52 bits per heavy atom. The van der Waals surface area contributed by atoms with Gasteiger partial charge in [-0.15, -0.1) is 0 Å². The fourth-order valence-corrected chi connectivity index (χ4v) is 5.64. The van der Waals surface area contributed by atoms with Gasteiger partial charge in [0, 0.05) is 49.9 Å². The van der Waals surface area contributed by atoms with E-state index in [1.807, 2.05) is 62.4 Å². The minimum Gasteiger partial charge on any atom is -0.476 e. The Hall–Kier alpha value is -4.94. The molecule has 0 radical (unpaired) electrons. The van der Waals surface area contributed by atoms with E-state index in [1.54, 1.807) is 28.7 Å². The van der Waals surface area contributed by atoms with E-state index in [2.05, 4.69) is 10.2 Å². The number of nitrogens with zero attached hydrogens (tertiary/aromatic N) is 4. The van der Waals surface area contributed by atoms with E-state index in [-0.39, 0.29) is 24.4 Å². The van der Waals surface area contributed by atoms with Gasteiger partial charge in [-0.3, -0.25) is 19.0 Å². The molecule has 2 aliphatic heterocycles. The summed E-state index contributed by atoms with van der Waals surface area (Å²) in [5, 5.41) is 17.6. The molecule has 48 heavy (non-hydrogen) atoms. The van der Waals surface area contributed by atoms with Crippen LogP contribution in [0.4, 0.5) is 0 Å². The number of benzene rings is 2. The van der Waals surface area contributed by atoms with E-state index in [0.29, 0.717) is 43.1 Å². The molecule has 4 aromatic rings. The maximum atomic E-state index is 12.8. The Balaban J connectivity index is 0.000000188. The number of aryl methyl sites for hydroxylation is 2. The number of carbonyl (C=O) groups is 2. The van der Waals surface area contributed by atoms with E-state index in [0.717, 1.165) is 42.4 Å². The minimum absolute atomic E-state index is 0.0478. The van der Waals surface area contributed by atoms with Crippen LogP contribution < -0.4 is 10.9 Å². The molecule has 12 nitrogen and oxygen atoms in total. The summed E-state index contributed by atoms with van der Waals surface area (Å²) in [6.07, 6.45) is 6.50. The topological polar surface area (TPSA) is 152 Å². The Bertz CT molecular complexity index is 1850.